The van der Waals surface area contributed by atoms with E-state index in [1.807, 2.05) is 44.3 Å². The fraction of sp³-hybridized carbons (Fsp3) is 0.562. The third-order valence-electron chi connectivity index (χ3n) is 4.56. The van der Waals surface area contributed by atoms with E-state index < -0.39 is 6.10 Å². The molecule has 1 aliphatic heterocycles. The summed E-state index contributed by atoms with van der Waals surface area (Å²) in [5.41, 5.74) is 0.501. The minimum absolute atomic E-state index is 0.0520. The molecule has 1 aliphatic rings. The Bertz CT molecular complexity index is 475. The summed E-state index contributed by atoms with van der Waals surface area (Å²) in [6, 6.07) is 9.14. The highest BCUT2D eigenvalue weighted by Gasteiger charge is 2.47. The fourth-order valence-corrected chi connectivity index (χ4v) is 2.72. The highest BCUT2D eigenvalue weighted by Crippen LogP contribution is 2.30. The predicted octanol–water partition coefficient (Wildman–Crippen LogP) is 1.91. The first kappa shape index (κ1) is 15.0. The van der Waals surface area contributed by atoms with Crippen molar-refractivity contribution in [3.8, 4) is 0 Å². The summed E-state index contributed by atoms with van der Waals surface area (Å²) in [6.07, 6.45) is -0.226. The van der Waals surface area contributed by atoms with Gasteiger partial charge in [0.15, 0.2) is 0 Å². The van der Waals surface area contributed by atoms with Crippen LogP contribution in [0.5, 0.6) is 0 Å². The fourth-order valence-electron chi connectivity index (χ4n) is 2.72. The molecule has 1 heterocycles. The number of rotatable bonds is 4. The van der Waals surface area contributed by atoms with Gasteiger partial charge in [-0.3, -0.25) is 10.1 Å². The van der Waals surface area contributed by atoms with Crippen molar-refractivity contribution in [2.75, 3.05) is 7.05 Å². The van der Waals surface area contributed by atoms with Gasteiger partial charge in [0.2, 0.25) is 5.91 Å². The molecule has 1 aromatic rings. The van der Waals surface area contributed by atoms with E-state index in [9.17, 15) is 9.90 Å². The van der Waals surface area contributed by atoms with Crippen LogP contribution < -0.4 is 5.32 Å². The third-order valence-corrected chi connectivity index (χ3v) is 4.56. The maximum absolute atomic E-state index is 12.3. The second-order valence-electron chi connectivity index (χ2n) is 6.06. The normalized spacial score (nSPS) is 28.2. The number of nitrogens with zero attached hydrogens (tertiary/aromatic N) is 1. The highest BCUT2D eigenvalue weighted by atomic mass is 16.3. The molecule has 4 nitrogen and oxygen atoms in total. The number of hydrogen-bond donors (Lipinski definition) is 2. The number of carbonyl (C=O) groups excluding carboxylic acids is 1. The second kappa shape index (κ2) is 5.54. The van der Waals surface area contributed by atoms with E-state index in [-0.39, 0.29) is 17.6 Å². The van der Waals surface area contributed by atoms with Crippen LogP contribution in [0.2, 0.25) is 0 Å². The van der Waals surface area contributed by atoms with Gasteiger partial charge >= 0.3 is 0 Å². The molecule has 2 N–H and O–H groups in total. The molecule has 0 unspecified atom stereocenters. The van der Waals surface area contributed by atoms with Gasteiger partial charge in [0, 0.05) is 13.5 Å². The molecule has 1 amide bonds. The number of aliphatic hydroxyl groups is 1. The van der Waals surface area contributed by atoms with E-state index >= 15 is 0 Å². The molecule has 3 atom stereocenters. The second-order valence-corrected chi connectivity index (χ2v) is 6.06. The van der Waals surface area contributed by atoms with E-state index in [2.05, 4.69) is 19.2 Å². The Kier molecular flexibility index (Phi) is 4.16. The molecule has 0 radical (unpaired) electrons. The van der Waals surface area contributed by atoms with Gasteiger partial charge in [-0.05, 0) is 18.4 Å². The van der Waals surface area contributed by atoms with Crippen LogP contribution in [-0.4, -0.2) is 34.7 Å². The van der Waals surface area contributed by atoms with Crippen LogP contribution in [-0.2, 0) is 4.79 Å². The summed E-state index contributed by atoms with van der Waals surface area (Å²) in [5, 5.41) is 13.7. The Labute approximate surface area is 120 Å². The van der Waals surface area contributed by atoms with Gasteiger partial charge in [-0.15, -0.1) is 0 Å². The van der Waals surface area contributed by atoms with Crippen molar-refractivity contribution in [3.05, 3.63) is 35.9 Å². The average molecular weight is 276 g/mol. The molecule has 110 valence electrons. The lowest BCUT2D eigenvalue weighted by Gasteiger charge is -2.36. The molecule has 0 spiro atoms. The van der Waals surface area contributed by atoms with Crippen molar-refractivity contribution in [1.82, 2.24) is 10.2 Å². The van der Waals surface area contributed by atoms with Crippen molar-refractivity contribution in [2.24, 2.45) is 5.92 Å². The first-order chi connectivity index (χ1) is 9.36. The predicted molar refractivity (Wildman–Crippen MR) is 79.0 cm³/mol. The zero-order chi connectivity index (χ0) is 14.9. The van der Waals surface area contributed by atoms with Crippen LogP contribution >= 0.6 is 0 Å². The summed E-state index contributed by atoms with van der Waals surface area (Å²) >= 11 is 0. The topological polar surface area (TPSA) is 52.6 Å². The standard InChI is InChI=1S/C16H24N2O2/c1-11(2)16(3)17-13(15(20)18(16)4)10-14(19)12-8-6-5-7-9-12/h5-9,11,13-14,17,19H,10H2,1-4H3/t13-,14-,16+/m0/s1. The van der Waals surface area contributed by atoms with Gasteiger partial charge in [-0.1, -0.05) is 44.2 Å². The number of hydrogen-bond acceptors (Lipinski definition) is 3. The van der Waals surface area contributed by atoms with E-state index in [4.69, 9.17) is 0 Å². The minimum atomic E-state index is -0.624. The molecule has 0 aliphatic carbocycles. The van der Waals surface area contributed by atoms with Crippen LogP contribution in [0.1, 0.15) is 38.9 Å². The molecular formula is C16H24N2O2. The van der Waals surface area contributed by atoms with Crippen molar-refractivity contribution >= 4 is 5.91 Å². The van der Waals surface area contributed by atoms with Crippen molar-refractivity contribution in [2.45, 2.75) is 45.0 Å². The summed E-state index contributed by atoms with van der Waals surface area (Å²) < 4.78 is 0. The van der Waals surface area contributed by atoms with Crippen LogP contribution in [0.15, 0.2) is 30.3 Å². The van der Waals surface area contributed by atoms with E-state index in [1.165, 1.54) is 0 Å². The first-order valence-electron chi connectivity index (χ1n) is 7.14. The number of nitrogens with one attached hydrogen (secondary N) is 1. The molecule has 1 fully saturated rings. The summed E-state index contributed by atoms with van der Waals surface area (Å²) in [4.78, 5) is 14.1. The smallest absolute Gasteiger partial charge is 0.241 e. The zero-order valence-corrected chi connectivity index (χ0v) is 12.6. The monoisotopic (exact) mass is 276 g/mol. The van der Waals surface area contributed by atoms with E-state index in [0.29, 0.717) is 12.3 Å². The van der Waals surface area contributed by atoms with Crippen LogP contribution in [0.4, 0.5) is 0 Å². The Balaban J connectivity index is 2.10. The first-order valence-corrected chi connectivity index (χ1v) is 7.14. The molecule has 1 aromatic carbocycles. The van der Waals surface area contributed by atoms with Crippen LogP contribution in [0.3, 0.4) is 0 Å². The Morgan fingerprint density at radius 3 is 2.45 bits per heavy atom. The Morgan fingerprint density at radius 2 is 1.95 bits per heavy atom. The Morgan fingerprint density at radius 1 is 1.35 bits per heavy atom. The van der Waals surface area contributed by atoms with Gasteiger partial charge in [0.1, 0.15) is 0 Å². The van der Waals surface area contributed by atoms with Gasteiger partial charge in [0.25, 0.3) is 0 Å². The summed E-state index contributed by atoms with van der Waals surface area (Å²) in [7, 11) is 1.82. The molecule has 0 aromatic heterocycles. The number of carbonyl (C=O) groups is 1. The number of aliphatic hydroxyl groups excluding tert-OH is 1. The largest absolute Gasteiger partial charge is 0.388 e. The number of benzene rings is 1. The van der Waals surface area contributed by atoms with Gasteiger partial charge in [-0.2, -0.15) is 0 Å². The highest BCUT2D eigenvalue weighted by molar-refractivity contribution is 5.84. The lowest BCUT2D eigenvalue weighted by molar-refractivity contribution is -0.131. The maximum atomic E-state index is 12.3. The van der Waals surface area contributed by atoms with Crippen LogP contribution in [0.25, 0.3) is 0 Å². The summed E-state index contributed by atoms with van der Waals surface area (Å²) in [6.45, 7) is 6.21. The maximum Gasteiger partial charge on any atom is 0.241 e. The van der Waals surface area contributed by atoms with Gasteiger partial charge < -0.3 is 10.0 Å². The minimum Gasteiger partial charge on any atom is -0.388 e. The average Bonchev–Trinajstić information content (AvgIpc) is 2.65. The van der Waals surface area contributed by atoms with Gasteiger partial charge in [0.05, 0.1) is 17.8 Å². The van der Waals surface area contributed by atoms with Gasteiger partial charge in [-0.25, -0.2) is 0 Å². The number of amides is 1. The molecule has 0 bridgehead atoms. The lowest BCUT2D eigenvalue weighted by atomic mass is 9.97. The molecule has 1 saturated heterocycles. The molecule has 4 heteroatoms. The number of likely N-dealkylation sites (N-methyl/N-ethyl adjacent to an activating group) is 1. The molecular weight excluding hydrogens is 252 g/mol. The molecule has 2 rings (SSSR count). The third kappa shape index (κ3) is 2.58. The Hall–Kier alpha value is -1.39. The van der Waals surface area contributed by atoms with Crippen molar-refractivity contribution in [3.63, 3.8) is 0 Å². The molecule has 20 heavy (non-hydrogen) atoms. The van der Waals surface area contributed by atoms with E-state index in [0.717, 1.165) is 5.56 Å². The van der Waals surface area contributed by atoms with Crippen LogP contribution in [0, 0.1) is 5.92 Å². The van der Waals surface area contributed by atoms with Crippen molar-refractivity contribution in [1.29, 1.82) is 0 Å². The van der Waals surface area contributed by atoms with E-state index in [1.54, 1.807) is 4.90 Å². The van der Waals surface area contributed by atoms with Crippen molar-refractivity contribution < 1.29 is 9.90 Å². The quantitative estimate of drug-likeness (QED) is 0.883. The SMILES string of the molecule is CC(C)[C@]1(C)N[C@@H](C[C@H](O)c2ccccc2)C(=O)N1C. The molecule has 0 saturated carbocycles. The summed E-state index contributed by atoms with van der Waals surface area (Å²) in [5.74, 6) is 0.353. The zero-order valence-electron chi connectivity index (χ0n) is 12.6. The lowest BCUT2D eigenvalue weighted by Crippen LogP contribution is -2.52.